The van der Waals surface area contributed by atoms with Crippen molar-refractivity contribution in [3.63, 3.8) is 0 Å². The average Bonchev–Trinajstić information content (AvgIpc) is 2.60. The lowest BCUT2D eigenvalue weighted by molar-refractivity contribution is -0.385. The van der Waals surface area contributed by atoms with E-state index >= 15 is 0 Å². The topological polar surface area (TPSA) is 168 Å². The number of halogens is 1. The van der Waals surface area contributed by atoms with E-state index in [1.807, 2.05) is 0 Å². The highest BCUT2D eigenvalue weighted by molar-refractivity contribution is 9.10. The van der Waals surface area contributed by atoms with Gasteiger partial charge in [0.15, 0.2) is 11.5 Å². The van der Waals surface area contributed by atoms with Crippen LogP contribution in [0.4, 0.5) is 11.5 Å². The number of nitrogens with zero attached hydrogens (tertiary/aromatic N) is 3. The molecule has 0 saturated heterocycles. The van der Waals surface area contributed by atoms with Gasteiger partial charge in [-0.05, 0) is 15.9 Å². The molecule has 1 aromatic heterocycles. The van der Waals surface area contributed by atoms with Crippen molar-refractivity contribution in [2.24, 2.45) is 0 Å². The molecule has 26 heavy (non-hydrogen) atoms. The summed E-state index contributed by atoms with van der Waals surface area (Å²) in [4.78, 5) is 25.0. The summed E-state index contributed by atoms with van der Waals surface area (Å²) >= 11 is 3.10. The number of ether oxygens (including phenoxy) is 2. The van der Waals surface area contributed by atoms with E-state index in [1.165, 1.54) is 14.2 Å². The van der Waals surface area contributed by atoms with E-state index in [0.717, 1.165) is 6.07 Å². The fraction of sp³-hybridized carbons (Fsp3) is 0.133. The van der Waals surface area contributed by atoms with Gasteiger partial charge in [-0.2, -0.15) is 10.5 Å². The number of hydrogen-bond donors (Lipinski definition) is 2. The van der Waals surface area contributed by atoms with Gasteiger partial charge < -0.3 is 20.2 Å². The summed E-state index contributed by atoms with van der Waals surface area (Å²) in [6.45, 7) is 0. The lowest BCUT2D eigenvalue weighted by Gasteiger charge is -2.17. The Kier molecular flexibility index (Phi) is 5.14. The van der Waals surface area contributed by atoms with E-state index in [0.29, 0.717) is 0 Å². The molecule has 0 aliphatic heterocycles. The number of anilines is 1. The summed E-state index contributed by atoms with van der Waals surface area (Å²) in [5.74, 6) is -0.321. The summed E-state index contributed by atoms with van der Waals surface area (Å²) in [5.41, 5.74) is 3.50. The minimum Gasteiger partial charge on any atom is -0.493 e. The highest BCUT2D eigenvalue weighted by atomic mass is 79.9. The number of methoxy groups -OCH3 is 2. The fourth-order valence-corrected chi connectivity index (χ4v) is 3.05. The van der Waals surface area contributed by atoms with Gasteiger partial charge in [0.25, 0.3) is 11.2 Å². The number of nitrogen functional groups attached to an aromatic ring is 1. The number of H-pyrrole nitrogens is 1. The molecule has 11 heteroatoms. The first-order valence-corrected chi connectivity index (χ1v) is 7.56. The maximum atomic E-state index is 12.1. The van der Waals surface area contributed by atoms with Gasteiger partial charge in [-0.25, -0.2) is 0 Å². The fourth-order valence-electron chi connectivity index (χ4n) is 2.41. The van der Waals surface area contributed by atoms with Crippen molar-refractivity contribution >= 4 is 27.4 Å². The van der Waals surface area contributed by atoms with Gasteiger partial charge in [-0.3, -0.25) is 14.9 Å². The van der Waals surface area contributed by atoms with Crippen LogP contribution in [0.5, 0.6) is 11.5 Å². The van der Waals surface area contributed by atoms with Crippen LogP contribution in [0.25, 0.3) is 11.1 Å². The number of aromatic amines is 1. The quantitative estimate of drug-likeness (QED) is 0.560. The predicted molar refractivity (Wildman–Crippen MR) is 93.8 cm³/mol. The standard InChI is InChI=1S/C15H10BrN5O5/c1-25-9-3-8(21(23)24)12(16)11(13(9)26-2)10-6(4-17)14(19)20-15(22)7(10)5-18/h3H,1-2H3,(H3,19,20,22). The van der Waals surface area contributed by atoms with Crippen molar-refractivity contribution < 1.29 is 14.4 Å². The van der Waals surface area contributed by atoms with Crippen molar-refractivity contribution in [3.8, 4) is 34.8 Å². The average molecular weight is 420 g/mol. The van der Waals surface area contributed by atoms with E-state index in [4.69, 9.17) is 15.2 Å². The number of nitrogens with one attached hydrogen (secondary N) is 1. The number of nitriles is 2. The Bertz CT molecular complexity index is 1060. The molecule has 0 saturated carbocycles. The van der Waals surface area contributed by atoms with E-state index < -0.39 is 21.7 Å². The molecular weight excluding hydrogens is 410 g/mol. The molecule has 132 valence electrons. The first kappa shape index (κ1) is 18.8. The maximum Gasteiger partial charge on any atom is 0.288 e. The third kappa shape index (κ3) is 2.81. The molecule has 0 aliphatic carbocycles. The van der Waals surface area contributed by atoms with Gasteiger partial charge in [-0.1, -0.05) is 0 Å². The second kappa shape index (κ2) is 7.13. The van der Waals surface area contributed by atoms with Crippen LogP contribution in [0.2, 0.25) is 0 Å². The molecule has 3 N–H and O–H groups in total. The molecule has 0 fully saturated rings. The third-order valence-electron chi connectivity index (χ3n) is 3.50. The Morgan fingerprint density at radius 3 is 2.31 bits per heavy atom. The molecule has 1 heterocycles. The maximum absolute atomic E-state index is 12.1. The van der Waals surface area contributed by atoms with Crippen LogP contribution in [0.15, 0.2) is 15.3 Å². The first-order chi connectivity index (χ1) is 12.3. The Hall–Kier alpha value is -3.57. The van der Waals surface area contributed by atoms with Crippen LogP contribution >= 0.6 is 15.9 Å². The highest BCUT2D eigenvalue weighted by Gasteiger charge is 2.30. The van der Waals surface area contributed by atoms with Gasteiger partial charge in [0, 0.05) is 5.56 Å². The van der Waals surface area contributed by atoms with Crippen LogP contribution in [0.1, 0.15) is 11.1 Å². The zero-order valence-electron chi connectivity index (χ0n) is 13.4. The van der Waals surface area contributed by atoms with Gasteiger partial charge >= 0.3 is 0 Å². The number of hydrogen-bond acceptors (Lipinski definition) is 8. The third-order valence-corrected chi connectivity index (χ3v) is 4.30. The SMILES string of the molecule is COc1cc([N+](=O)[O-])c(Br)c(-c2c(C#N)c(N)[nH]c(=O)c2C#N)c1OC. The Labute approximate surface area is 154 Å². The van der Waals surface area contributed by atoms with Crippen LogP contribution in [-0.2, 0) is 0 Å². The molecule has 1 aromatic carbocycles. The predicted octanol–water partition coefficient (Wildman–Crippen LogP) is 2.06. The molecule has 0 bridgehead atoms. The summed E-state index contributed by atoms with van der Waals surface area (Å²) in [7, 11) is 2.54. The van der Waals surface area contributed by atoms with Crippen molar-refractivity contribution in [1.29, 1.82) is 10.5 Å². The minimum absolute atomic E-state index is 0.0111. The summed E-state index contributed by atoms with van der Waals surface area (Å²) < 4.78 is 10.3. The van der Waals surface area contributed by atoms with Crippen LogP contribution in [0.3, 0.4) is 0 Å². The van der Waals surface area contributed by atoms with Crippen LogP contribution in [-0.4, -0.2) is 24.1 Å². The van der Waals surface area contributed by atoms with Gasteiger partial charge in [0.2, 0.25) is 0 Å². The smallest absolute Gasteiger partial charge is 0.288 e. The number of benzene rings is 1. The lowest BCUT2D eigenvalue weighted by Crippen LogP contribution is -2.17. The normalized spacial score (nSPS) is 9.88. The number of aromatic nitrogens is 1. The summed E-state index contributed by atoms with van der Waals surface area (Å²) in [6, 6.07) is 4.60. The minimum atomic E-state index is -0.849. The molecule has 0 atom stereocenters. The second-order valence-corrected chi connectivity index (χ2v) is 5.59. The molecule has 10 nitrogen and oxygen atoms in total. The Morgan fingerprint density at radius 2 is 1.85 bits per heavy atom. The van der Waals surface area contributed by atoms with E-state index in [2.05, 4.69) is 20.9 Å². The molecule has 0 spiro atoms. The van der Waals surface area contributed by atoms with Crippen molar-refractivity contribution in [3.05, 3.63) is 42.1 Å². The zero-order chi connectivity index (χ0) is 19.6. The highest BCUT2D eigenvalue weighted by Crippen LogP contribution is 2.49. The van der Waals surface area contributed by atoms with Gasteiger partial charge in [-0.15, -0.1) is 0 Å². The number of rotatable bonds is 4. The molecule has 2 aromatic rings. The molecule has 0 amide bonds. The largest absolute Gasteiger partial charge is 0.493 e. The zero-order valence-corrected chi connectivity index (χ0v) is 15.0. The van der Waals surface area contributed by atoms with Gasteiger partial charge in [0.1, 0.15) is 33.6 Å². The van der Waals surface area contributed by atoms with Crippen molar-refractivity contribution in [2.45, 2.75) is 0 Å². The monoisotopic (exact) mass is 419 g/mol. The molecule has 0 unspecified atom stereocenters. The summed E-state index contributed by atoms with van der Waals surface area (Å²) in [5, 5.41) is 30.2. The van der Waals surface area contributed by atoms with E-state index in [1.54, 1.807) is 12.1 Å². The van der Waals surface area contributed by atoms with E-state index in [-0.39, 0.29) is 38.5 Å². The number of nitro groups is 1. The Morgan fingerprint density at radius 1 is 1.23 bits per heavy atom. The molecule has 0 aliphatic rings. The Balaban J connectivity index is 3.20. The van der Waals surface area contributed by atoms with Crippen LogP contribution in [0, 0.1) is 32.8 Å². The van der Waals surface area contributed by atoms with Crippen LogP contribution < -0.4 is 20.8 Å². The molecule has 0 radical (unpaired) electrons. The van der Waals surface area contributed by atoms with Crippen molar-refractivity contribution in [1.82, 2.24) is 4.98 Å². The number of nitro benzene ring substituents is 1. The molecular formula is C15H10BrN5O5. The first-order valence-electron chi connectivity index (χ1n) is 6.77. The van der Waals surface area contributed by atoms with Gasteiger partial charge in [0.05, 0.1) is 30.8 Å². The number of nitrogens with two attached hydrogens (primary N) is 1. The van der Waals surface area contributed by atoms with E-state index in [9.17, 15) is 25.4 Å². The summed E-state index contributed by atoms with van der Waals surface area (Å²) in [6.07, 6.45) is 0. The lowest BCUT2D eigenvalue weighted by atomic mass is 9.95. The second-order valence-electron chi connectivity index (χ2n) is 4.79. The number of pyridine rings is 1. The van der Waals surface area contributed by atoms with Crippen molar-refractivity contribution in [2.75, 3.05) is 20.0 Å². The molecule has 2 rings (SSSR count).